The van der Waals surface area contributed by atoms with Gasteiger partial charge >= 0.3 is 0 Å². The second-order valence-electron chi connectivity index (χ2n) is 10.8. The van der Waals surface area contributed by atoms with Gasteiger partial charge in [0.2, 0.25) is 5.91 Å². The molecule has 0 spiro atoms. The number of aromatic nitrogens is 7. The van der Waals surface area contributed by atoms with E-state index in [1.165, 1.54) is 12.1 Å². The predicted octanol–water partition coefficient (Wildman–Crippen LogP) is 4.70. The molecule has 1 fully saturated rings. The van der Waals surface area contributed by atoms with Gasteiger partial charge in [0.1, 0.15) is 26.7 Å². The fourth-order valence-electron chi connectivity index (χ4n) is 4.96. The van der Waals surface area contributed by atoms with Crippen molar-refractivity contribution in [2.45, 2.75) is 19.3 Å². The number of aromatic amines is 2. The van der Waals surface area contributed by atoms with E-state index < -0.39 is 15.7 Å². The summed E-state index contributed by atoms with van der Waals surface area (Å²) in [6.45, 7) is 0. The molecule has 216 valence electrons. The topological polar surface area (TPSA) is 159 Å². The maximum atomic E-state index is 14.6. The Morgan fingerprint density at radius 1 is 1.00 bits per heavy atom. The molecule has 43 heavy (non-hydrogen) atoms. The SMILES string of the molecule is CS(=O)(=O)CCc1cc(F)cc(-c2nccc3[nH]c(-c4n[nH]c5ccc(-c6cncc(NC(=O)C7CC7)c6)nc45)nc23)c1. The zero-order chi connectivity index (χ0) is 29.7. The Balaban J connectivity index is 1.25. The van der Waals surface area contributed by atoms with Crippen LogP contribution in [0.5, 0.6) is 0 Å². The summed E-state index contributed by atoms with van der Waals surface area (Å²) in [4.78, 5) is 33.9. The van der Waals surface area contributed by atoms with Crippen molar-refractivity contribution in [3.63, 3.8) is 0 Å². The van der Waals surface area contributed by atoms with Gasteiger partial charge in [-0.1, -0.05) is 0 Å². The predicted molar refractivity (Wildman–Crippen MR) is 160 cm³/mol. The zero-order valence-electron chi connectivity index (χ0n) is 22.9. The van der Waals surface area contributed by atoms with Crippen LogP contribution in [-0.2, 0) is 21.1 Å². The number of sulfone groups is 1. The van der Waals surface area contributed by atoms with Crippen molar-refractivity contribution in [3.05, 3.63) is 72.4 Å². The molecule has 0 radical (unpaired) electrons. The lowest BCUT2D eigenvalue weighted by Crippen LogP contribution is -2.13. The van der Waals surface area contributed by atoms with E-state index in [9.17, 15) is 17.6 Å². The molecule has 0 atom stereocenters. The van der Waals surface area contributed by atoms with Crippen LogP contribution in [0.25, 0.3) is 56.1 Å². The molecule has 0 saturated heterocycles. The highest BCUT2D eigenvalue weighted by Gasteiger charge is 2.29. The summed E-state index contributed by atoms with van der Waals surface area (Å²) in [5.74, 6) is -0.0548. The molecule has 5 aromatic heterocycles. The van der Waals surface area contributed by atoms with Crippen LogP contribution in [0.2, 0.25) is 0 Å². The van der Waals surface area contributed by atoms with E-state index in [0.717, 1.165) is 24.7 Å². The molecule has 7 rings (SSSR count). The van der Waals surface area contributed by atoms with Crippen LogP contribution < -0.4 is 5.32 Å². The number of anilines is 1. The molecule has 11 nitrogen and oxygen atoms in total. The number of hydrogen-bond acceptors (Lipinski definition) is 8. The van der Waals surface area contributed by atoms with E-state index in [4.69, 9.17) is 9.97 Å². The van der Waals surface area contributed by atoms with Crippen LogP contribution in [-0.4, -0.2) is 61.5 Å². The molecule has 1 aliphatic carbocycles. The fraction of sp³-hybridized carbons (Fsp3) is 0.200. The number of benzene rings is 1. The summed E-state index contributed by atoms with van der Waals surface area (Å²) < 4.78 is 37.9. The smallest absolute Gasteiger partial charge is 0.227 e. The molecule has 6 aromatic rings. The molecular formula is C30H25FN8O3S. The highest BCUT2D eigenvalue weighted by molar-refractivity contribution is 7.90. The van der Waals surface area contributed by atoms with Crippen LogP contribution in [0.1, 0.15) is 18.4 Å². The van der Waals surface area contributed by atoms with Crippen molar-refractivity contribution >= 4 is 43.5 Å². The fourth-order valence-corrected chi connectivity index (χ4v) is 5.56. The third-order valence-corrected chi connectivity index (χ3v) is 8.22. The first-order chi connectivity index (χ1) is 20.7. The Bertz CT molecular complexity index is 2150. The largest absolute Gasteiger partial charge is 0.336 e. The highest BCUT2D eigenvalue weighted by atomic mass is 32.2. The molecule has 1 amide bonds. The summed E-state index contributed by atoms with van der Waals surface area (Å²) >= 11 is 0. The van der Waals surface area contributed by atoms with Crippen molar-refractivity contribution in [1.82, 2.24) is 35.1 Å². The lowest BCUT2D eigenvalue weighted by molar-refractivity contribution is -0.117. The number of carbonyl (C=O) groups is 1. The number of nitrogens with one attached hydrogen (secondary N) is 3. The van der Waals surface area contributed by atoms with Crippen LogP contribution in [0.4, 0.5) is 10.1 Å². The summed E-state index contributed by atoms with van der Waals surface area (Å²) in [6.07, 6.45) is 8.05. The van der Waals surface area contributed by atoms with Gasteiger partial charge in [-0.05, 0) is 67.3 Å². The van der Waals surface area contributed by atoms with E-state index in [1.807, 2.05) is 18.2 Å². The van der Waals surface area contributed by atoms with Crippen molar-refractivity contribution in [2.24, 2.45) is 5.92 Å². The minimum Gasteiger partial charge on any atom is -0.336 e. The van der Waals surface area contributed by atoms with E-state index in [-0.39, 0.29) is 24.0 Å². The molecule has 1 aromatic carbocycles. The molecule has 0 unspecified atom stereocenters. The van der Waals surface area contributed by atoms with Gasteiger partial charge in [0.05, 0.1) is 40.1 Å². The summed E-state index contributed by atoms with van der Waals surface area (Å²) in [5.41, 5.74) is 6.40. The van der Waals surface area contributed by atoms with Gasteiger partial charge in [-0.2, -0.15) is 5.10 Å². The Morgan fingerprint density at radius 2 is 1.84 bits per heavy atom. The van der Waals surface area contributed by atoms with Crippen LogP contribution in [0, 0.1) is 11.7 Å². The van der Waals surface area contributed by atoms with Gasteiger partial charge in [-0.3, -0.25) is 19.9 Å². The molecule has 0 bridgehead atoms. The maximum absolute atomic E-state index is 14.6. The number of pyridine rings is 3. The normalized spacial score (nSPS) is 13.5. The molecule has 3 N–H and O–H groups in total. The summed E-state index contributed by atoms with van der Waals surface area (Å²) in [5, 5.41) is 10.4. The monoisotopic (exact) mass is 596 g/mol. The van der Waals surface area contributed by atoms with Gasteiger partial charge in [0, 0.05) is 35.7 Å². The zero-order valence-corrected chi connectivity index (χ0v) is 23.7. The summed E-state index contributed by atoms with van der Waals surface area (Å²) in [7, 11) is -3.21. The van der Waals surface area contributed by atoms with E-state index in [2.05, 4.69) is 30.5 Å². The van der Waals surface area contributed by atoms with E-state index in [0.29, 0.717) is 61.8 Å². The van der Waals surface area contributed by atoms with Crippen LogP contribution >= 0.6 is 0 Å². The maximum Gasteiger partial charge on any atom is 0.227 e. The second-order valence-corrected chi connectivity index (χ2v) is 13.0. The third kappa shape index (κ3) is 5.58. The number of H-pyrrole nitrogens is 2. The average Bonchev–Trinajstić information content (AvgIpc) is 3.61. The number of imidazole rings is 1. The first-order valence-corrected chi connectivity index (χ1v) is 15.7. The van der Waals surface area contributed by atoms with Crippen molar-refractivity contribution in [2.75, 3.05) is 17.3 Å². The number of halogens is 1. The molecular weight excluding hydrogens is 571 g/mol. The molecule has 1 saturated carbocycles. The summed E-state index contributed by atoms with van der Waals surface area (Å²) in [6, 6.07) is 11.7. The second kappa shape index (κ2) is 10.3. The highest BCUT2D eigenvalue weighted by Crippen LogP contribution is 2.33. The average molecular weight is 597 g/mol. The van der Waals surface area contributed by atoms with Gasteiger partial charge < -0.3 is 10.3 Å². The Morgan fingerprint density at radius 3 is 2.65 bits per heavy atom. The van der Waals surface area contributed by atoms with Crippen molar-refractivity contribution in [1.29, 1.82) is 0 Å². The molecule has 5 heterocycles. The lowest BCUT2D eigenvalue weighted by Gasteiger charge is -2.06. The van der Waals surface area contributed by atoms with Crippen molar-refractivity contribution < 1.29 is 17.6 Å². The number of amides is 1. The number of aryl methyl sites for hydroxylation is 1. The Hall–Kier alpha value is -5.04. The van der Waals surface area contributed by atoms with E-state index >= 15 is 0 Å². The lowest BCUT2D eigenvalue weighted by atomic mass is 10.0. The molecule has 13 heteroatoms. The van der Waals surface area contributed by atoms with Crippen LogP contribution in [0.3, 0.4) is 0 Å². The quantitative estimate of drug-likeness (QED) is 0.228. The number of rotatable bonds is 8. The number of carbonyl (C=O) groups excluding carboxylic acids is 1. The number of nitrogens with zero attached hydrogens (tertiary/aromatic N) is 5. The minimum atomic E-state index is -3.21. The van der Waals surface area contributed by atoms with Crippen LogP contribution in [0.15, 0.2) is 61.1 Å². The third-order valence-electron chi connectivity index (χ3n) is 7.28. The van der Waals surface area contributed by atoms with Gasteiger partial charge in [0.25, 0.3) is 0 Å². The van der Waals surface area contributed by atoms with Gasteiger partial charge in [-0.25, -0.2) is 22.8 Å². The van der Waals surface area contributed by atoms with E-state index in [1.54, 1.807) is 30.7 Å². The standard InChI is InChI=1S/C30H25FN8O3S/c1-43(41,42)9-7-16-10-18(12-20(31)11-16)25-26-23(6-8-33-25)36-29(37-26)28-27-24(38-39-28)5-4-22(35-27)19-13-21(15-32-14-19)34-30(40)17-2-3-17/h4-6,8,10-15,17H,2-3,7,9H2,1H3,(H,34,40)(H,36,37)(H,38,39). The minimum absolute atomic E-state index is 0.00148. The van der Waals surface area contributed by atoms with Gasteiger partial charge in [0.15, 0.2) is 11.5 Å². The Labute approximate surface area is 245 Å². The van der Waals surface area contributed by atoms with Gasteiger partial charge in [-0.15, -0.1) is 0 Å². The number of fused-ring (bicyclic) bond motifs is 2. The Kier molecular flexibility index (Phi) is 6.46. The van der Waals surface area contributed by atoms with Crippen molar-refractivity contribution in [3.8, 4) is 34.0 Å². The first-order valence-electron chi connectivity index (χ1n) is 13.6. The molecule has 1 aliphatic rings. The first kappa shape index (κ1) is 26.8. The molecule has 0 aliphatic heterocycles. The number of hydrogen-bond donors (Lipinski definition) is 3.